The lowest BCUT2D eigenvalue weighted by molar-refractivity contribution is 0.0910. The number of para-hydroxylation sites is 2. The van der Waals surface area contributed by atoms with E-state index in [0.717, 1.165) is 16.9 Å². The fourth-order valence-electron chi connectivity index (χ4n) is 1.92. The third-order valence-corrected chi connectivity index (χ3v) is 2.91. The number of imidazole rings is 1. The summed E-state index contributed by atoms with van der Waals surface area (Å²) in [5.41, 5.74) is 1.84. The van der Waals surface area contributed by atoms with Crippen LogP contribution in [-0.2, 0) is 0 Å². The third-order valence-electron chi connectivity index (χ3n) is 2.91. The SMILES string of the molecule is C[C@@H](NC(=O)c1ccco1)c1nc2ccccc2[nH]1. The summed E-state index contributed by atoms with van der Waals surface area (Å²) in [5, 5.41) is 2.83. The van der Waals surface area contributed by atoms with Gasteiger partial charge < -0.3 is 14.7 Å². The molecule has 5 nitrogen and oxygen atoms in total. The van der Waals surface area contributed by atoms with Crippen LogP contribution in [0.15, 0.2) is 47.1 Å². The number of carbonyl (C=O) groups excluding carboxylic acids is 1. The zero-order valence-electron chi connectivity index (χ0n) is 10.4. The summed E-state index contributed by atoms with van der Waals surface area (Å²) in [6, 6.07) is 10.8. The number of H-pyrrole nitrogens is 1. The summed E-state index contributed by atoms with van der Waals surface area (Å²) >= 11 is 0. The first-order valence-corrected chi connectivity index (χ1v) is 6.03. The molecule has 5 heteroatoms. The Bertz CT molecular complexity index is 667. The minimum atomic E-state index is -0.252. The van der Waals surface area contributed by atoms with Crippen molar-refractivity contribution in [3.8, 4) is 0 Å². The van der Waals surface area contributed by atoms with Crippen LogP contribution in [0.3, 0.4) is 0 Å². The Morgan fingerprint density at radius 1 is 1.32 bits per heavy atom. The van der Waals surface area contributed by atoms with Crippen LogP contribution in [0.25, 0.3) is 11.0 Å². The van der Waals surface area contributed by atoms with Crippen molar-refractivity contribution in [3.05, 3.63) is 54.2 Å². The molecule has 0 unspecified atom stereocenters. The molecule has 0 fully saturated rings. The number of hydrogen-bond donors (Lipinski definition) is 2. The smallest absolute Gasteiger partial charge is 0.287 e. The summed E-state index contributed by atoms with van der Waals surface area (Å²) < 4.78 is 5.05. The second-order valence-corrected chi connectivity index (χ2v) is 4.31. The second-order valence-electron chi connectivity index (χ2n) is 4.31. The van der Waals surface area contributed by atoms with Gasteiger partial charge in [-0.25, -0.2) is 4.98 Å². The first kappa shape index (κ1) is 11.5. The van der Waals surface area contributed by atoms with E-state index in [1.54, 1.807) is 12.1 Å². The lowest BCUT2D eigenvalue weighted by atomic mass is 10.3. The van der Waals surface area contributed by atoms with Crippen LogP contribution in [0, 0.1) is 0 Å². The molecular weight excluding hydrogens is 242 g/mol. The Labute approximate surface area is 109 Å². The Morgan fingerprint density at radius 2 is 2.16 bits per heavy atom. The van der Waals surface area contributed by atoms with Gasteiger partial charge in [0, 0.05) is 0 Å². The molecule has 0 aliphatic heterocycles. The molecule has 2 heterocycles. The molecule has 0 saturated carbocycles. The number of rotatable bonds is 3. The average Bonchev–Trinajstić information content (AvgIpc) is 3.07. The van der Waals surface area contributed by atoms with Gasteiger partial charge >= 0.3 is 0 Å². The maximum atomic E-state index is 11.9. The molecule has 96 valence electrons. The molecule has 1 amide bonds. The number of hydrogen-bond acceptors (Lipinski definition) is 3. The van der Waals surface area contributed by atoms with Gasteiger partial charge in [-0.05, 0) is 31.2 Å². The van der Waals surface area contributed by atoms with Gasteiger partial charge in [0.05, 0.1) is 23.3 Å². The number of aromatic amines is 1. The van der Waals surface area contributed by atoms with Gasteiger partial charge in [-0.2, -0.15) is 0 Å². The number of fused-ring (bicyclic) bond motifs is 1. The fraction of sp³-hybridized carbons (Fsp3) is 0.143. The molecule has 0 aliphatic carbocycles. The Hall–Kier alpha value is -2.56. The van der Waals surface area contributed by atoms with E-state index in [1.807, 2.05) is 31.2 Å². The number of carbonyl (C=O) groups is 1. The highest BCUT2D eigenvalue weighted by atomic mass is 16.3. The molecule has 2 aromatic heterocycles. The summed E-state index contributed by atoms with van der Waals surface area (Å²) in [4.78, 5) is 19.5. The lowest BCUT2D eigenvalue weighted by Gasteiger charge is -2.09. The van der Waals surface area contributed by atoms with Gasteiger partial charge in [0.1, 0.15) is 5.82 Å². The maximum absolute atomic E-state index is 11.9. The van der Waals surface area contributed by atoms with E-state index in [-0.39, 0.29) is 11.9 Å². The summed E-state index contributed by atoms with van der Waals surface area (Å²) in [5.74, 6) is 0.766. The van der Waals surface area contributed by atoms with Crippen molar-refractivity contribution in [2.24, 2.45) is 0 Å². The van der Waals surface area contributed by atoms with E-state index in [2.05, 4.69) is 15.3 Å². The molecule has 19 heavy (non-hydrogen) atoms. The van der Waals surface area contributed by atoms with E-state index < -0.39 is 0 Å². The molecule has 0 radical (unpaired) electrons. The monoisotopic (exact) mass is 255 g/mol. The normalized spacial score (nSPS) is 12.5. The van der Waals surface area contributed by atoms with Crippen molar-refractivity contribution in [2.75, 3.05) is 0 Å². The van der Waals surface area contributed by atoms with Gasteiger partial charge in [0.2, 0.25) is 0 Å². The highest BCUT2D eigenvalue weighted by Gasteiger charge is 2.16. The first-order chi connectivity index (χ1) is 9.24. The molecule has 3 aromatic rings. The third kappa shape index (κ3) is 2.22. The molecule has 2 N–H and O–H groups in total. The standard InChI is InChI=1S/C14H13N3O2/c1-9(15-14(18)12-7-4-8-19-12)13-16-10-5-2-3-6-11(10)17-13/h2-9H,1H3,(H,15,18)(H,16,17)/t9-/m1/s1. The molecule has 0 saturated heterocycles. The van der Waals surface area contributed by atoms with Crippen LogP contribution < -0.4 is 5.32 Å². The van der Waals surface area contributed by atoms with Crippen molar-refractivity contribution in [1.82, 2.24) is 15.3 Å². The first-order valence-electron chi connectivity index (χ1n) is 6.03. The van der Waals surface area contributed by atoms with Crippen LogP contribution in [0.5, 0.6) is 0 Å². The quantitative estimate of drug-likeness (QED) is 0.755. The summed E-state index contributed by atoms with van der Waals surface area (Å²) in [6.07, 6.45) is 1.47. The minimum Gasteiger partial charge on any atom is -0.459 e. The van der Waals surface area contributed by atoms with Crippen LogP contribution >= 0.6 is 0 Å². The number of nitrogens with one attached hydrogen (secondary N) is 2. The average molecular weight is 255 g/mol. The predicted molar refractivity (Wildman–Crippen MR) is 70.7 cm³/mol. The Morgan fingerprint density at radius 3 is 2.89 bits per heavy atom. The Balaban J connectivity index is 1.80. The van der Waals surface area contributed by atoms with Crippen LogP contribution in [0.1, 0.15) is 29.3 Å². The predicted octanol–water partition coefficient (Wildman–Crippen LogP) is 2.65. The largest absolute Gasteiger partial charge is 0.459 e. The van der Waals surface area contributed by atoms with E-state index in [0.29, 0.717) is 5.76 Å². The fourth-order valence-corrected chi connectivity index (χ4v) is 1.92. The summed E-state index contributed by atoms with van der Waals surface area (Å²) in [6.45, 7) is 1.87. The number of nitrogens with zero attached hydrogens (tertiary/aromatic N) is 1. The molecule has 1 aromatic carbocycles. The highest BCUT2D eigenvalue weighted by molar-refractivity contribution is 5.91. The van der Waals surface area contributed by atoms with Gasteiger partial charge in [-0.1, -0.05) is 12.1 Å². The molecule has 0 bridgehead atoms. The zero-order chi connectivity index (χ0) is 13.2. The van der Waals surface area contributed by atoms with Crippen molar-refractivity contribution in [2.45, 2.75) is 13.0 Å². The van der Waals surface area contributed by atoms with Crippen LogP contribution in [-0.4, -0.2) is 15.9 Å². The summed E-state index contributed by atoms with van der Waals surface area (Å²) in [7, 11) is 0. The Kier molecular flexibility index (Phi) is 2.79. The van der Waals surface area contributed by atoms with Gasteiger partial charge in [-0.3, -0.25) is 4.79 Å². The van der Waals surface area contributed by atoms with Gasteiger partial charge in [0.15, 0.2) is 5.76 Å². The minimum absolute atomic E-state index is 0.218. The van der Waals surface area contributed by atoms with E-state index in [1.165, 1.54) is 6.26 Å². The molecule has 3 rings (SSSR count). The lowest BCUT2D eigenvalue weighted by Crippen LogP contribution is -2.26. The molecule has 1 atom stereocenters. The maximum Gasteiger partial charge on any atom is 0.287 e. The zero-order valence-corrected chi connectivity index (χ0v) is 10.4. The van der Waals surface area contributed by atoms with E-state index in [4.69, 9.17) is 4.42 Å². The van der Waals surface area contributed by atoms with Gasteiger partial charge in [-0.15, -0.1) is 0 Å². The number of amides is 1. The number of aromatic nitrogens is 2. The van der Waals surface area contributed by atoms with Crippen molar-refractivity contribution in [1.29, 1.82) is 0 Å². The number of benzene rings is 1. The van der Waals surface area contributed by atoms with Crippen molar-refractivity contribution in [3.63, 3.8) is 0 Å². The topological polar surface area (TPSA) is 70.9 Å². The second kappa shape index (κ2) is 4.61. The van der Waals surface area contributed by atoms with Gasteiger partial charge in [0.25, 0.3) is 5.91 Å². The van der Waals surface area contributed by atoms with E-state index in [9.17, 15) is 4.79 Å². The molecular formula is C14H13N3O2. The number of furan rings is 1. The molecule has 0 spiro atoms. The highest BCUT2D eigenvalue weighted by Crippen LogP contribution is 2.16. The van der Waals surface area contributed by atoms with Crippen LogP contribution in [0.4, 0.5) is 0 Å². The van der Waals surface area contributed by atoms with Crippen LogP contribution in [0.2, 0.25) is 0 Å². The molecule has 0 aliphatic rings. The van der Waals surface area contributed by atoms with Crippen molar-refractivity contribution >= 4 is 16.9 Å². The van der Waals surface area contributed by atoms with Crippen molar-refractivity contribution < 1.29 is 9.21 Å². The van der Waals surface area contributed by atoms with E-state index >= 15 is 0 Å².